The number of carbonyl (C=O) groups is 2. The number of hydrogen-bond acceptors (Lipinski definition) is 4. The monoisotopic (exact) mass is 685 g/mol. The van der Waals surface area contributed by atoms with E-state index in [2.05, 4.69) is 5.32 Å². The van der Waals surface area contributed by atoms with Gasteiger partial charge in [-0.25, -0.2) is 8.42 Å². The van der Waals surface area contributed by atoms with Crippen LogP contribution in [-0.4, -0.2) is 44.3 Å². The molecule has 1 N–H and O–H groups in total. The molecule has 0 radical (unpaired) electrons. The van der Waals surface area contributed by atoms with Crippen molar-refractivity contribution in [2.75, 3.05) is 17.4 Å². The van der Waals surface area contributed by atoms with Gasteiger partial charge in [0.25, 0.3) is 10.0 Å². The van der Waals surface area contributed by atoms with E-state index in [0.29, 0.717) is 27.2 Å². The molecule has 0 spiro atoms. The van der Waals surface area contributed by atoms with Crippen molar-refractivity contribution < 1.29 is 18.0 Å². The first-order chi connectivity index (χ1) is 21.4. The van der Waals surface area contributed by atoms with Gasteiger partial charge in [0.2, 0.25) is 11.8 Å². The first kappa shape index (κ1) is 34.3. The van der Waals surface area contributed by atoms with Crippen LogP contribution in [0, 0.1) is 13.8 Å². The smallest absolute Gasteiger partial charge is 0.264 e. The molecule has 0 aliphatic rings. The van der Waals surface area contributed by atoms with Gasteiger partial charge in [0.05, 0.1) is 10.6 Å². The second-order valence-corrected chi connectivity index (χ2v) is 13.7. The van der Waals surface area contributed by atoms with Crippen molar-refractivity contribution in [3.05, 3.63) is 128 Å². The van der Waals surface area contributed by atoms with E-state index in [9.17, 15) is 18.0 Å². The highest BCUT2D eigenvalue weighted by Crippen LogP contribution is 2.30. The zero-order chi connectivity index (χ0) is 32.7. The topological polar surface area (TPSA) is 86.8 Å². The molecule has 0 fully saturated rings. The van der Waals surface area contributed by atoms with Gasteiger partial charge < -0.3 is 10.2 Å². The molecule has 4 aromatic rings. The lowest BCUT2D eigenvalue weighted by atomic mass is 10.0. The number of hydrogen-bond donors (Lipinski definition) is 1. The van der Waals surface area contributed by atoms with Crippen LogP contribution < -0.4 is 9.62 Å². The van der Waals surface area contributed by atoms with Crippen molar-refractivity contribution in [1.29, 1.82) is 0 Å². The number of aryl methyl sites for hydroxylation is 2. The molecule has 0 aromatic heterocycles. The summed E-state index contributed by atoms with van der Waals surface area (Å²) in [4.78, 5) is 29.5. The highest BCUT2D eigenvalue weighted by Gasteiger charge is 2.35. The number of likely N-dealkylation sites (N-methyl/N-ethyl adjacent to an activating group) is 1. The van der Waals surface area contributed by atoms with E-state index in [1.807, 2.05) is 37.3 Å². The molecule has 0 saturated carbocycles. The normalized spacial score (nSPS) is 12.0. The van der Waals surface area contributed by atoms with Crippen LogP contribution >= 0.6 is 34.8 Å². The van der Waals surface area contributed by atoms with Crippen molar-refractivity contribution in [2.45, 2.75) is 44.7 Å². The van der Waals surface area contributed by atoms with E-state index < -0.39 is 34.4 Å². The lowest BCUT2D eigenvalue weighted by Gasteiger charge is -2.34. The van der Waals surface area contributed by atoms with Crippen LogP contribution in [0.2, 0.25) is 15.1 Å². The van der Waals surface area contributed by atoms with Crippen molar-refractivity contribution in [1.82, 2.24) is 10.2 Å². The summed E-state index contributed by atoms with van der Waals surface area (Å²) >= 11 is 19.5. The zero-order valence-corrected chi connectivity index (χ0v) is 28.2. The zero-order valence-electron chi connectivity index (χ0n) is 25.1. The first-order valence-corrected chi connectivity index (χ1v) is 16.9. The molecule has 4 aromatic carbocycles. The Kier molecular flexibility index (Phi) is 11.6. The number of halogens is 3. The summed E-state index contributed by atoms with van der Waals surface area (Å²) in [5.41, 5.74) is 3.07. The quantitative estimate of drug-likeness (QED) is 0.170. The Bertz CT molecular complexity index is 1750. The maximum absolute atomic E-state index is 14.5. The number of anilines is 1. The number of benzene rings is 4. The van der Waals surface area contributed by atoms with Crippen LogP contribution in [0.1, 0.15) is 29.2 Å². The molecule has 7 nitrogen and oxygen atoms in total. The van der Waals surface area contributed by atoms with Crippen molar-refractivity contribution in [2.24, 2.45) is 0 Å². The third kappa shape index (κ3) is 8.38. The minimum atomic E-state index is -4.26. The van der Waals surface area contributed by atoms with E-state index >= 15 is 0 Å². The fourth-order valence-corrected chi connectivity index (χ4v) is 6.90. The first-order valence-electron chi connectivity index (χ1n) is 14.3. The maximum atomic E-state index is 14.5. The number of sulfonamides is 1. The SMILES string of the molecule is CCNC(=O)[C@H](Cc1ccccc1)N(Cc1c(Cl)cccc1Cl)C(=O)CN(c1ccc(C)c(Cl)c1)S(=O)(=O)c1ccc(C)cc1. The number of nitrogens with one attached hydrogen (secondary N) is 1. The summed E-state index contributed by atoms with van der Waals surface area (Å²) in [5, 5.41) is 3.79. The minimum absolute atomic E-state index is 0.00265. The second kappa shape index (κ2) is 15.1. The van der Waals surface area contributed by atoms with Gasteiger partial charge in [0.15, 0.2) is 0 Å². The molecule has 4 rings (SSSR count). The molecule has 1 atom stereocenters. The minimum Gasteiger partial charge on any atom is -0.355 e. The molecule has 0 heterocycles. The van der Waals surface area contributed by atoms with Crippen LogP contribution in [0.4, 0.5) is 5.69 Å². The van der Waals surface area contributed by atoms with Crippen molar-refractivity contribution >= 4 is 62.3 Å². The van der Waals surface area contributed by atoms with Gasteiger partial charge in [-0.2, -0.15) is 0 Å². The predicted molar refractivity (Wildman–Crippen MR) is 182 cm³/mol. The molecule has 0 unspecified atom stereocenters. The van der Waals surface area contributed by atoms with E-state index in [1.54, 1.807) is 56.3 Å². The summed E-state index contributed by atoms with van der Waals surface area (Å²) < 4.78 is 29.3. The Hall–Kier alpha value is -3.56. The molecule has 0 bridgehead atoms. The standard InChI is InChI=1S/C34H34Cl3N3O4S/c1-4-38-34(42)32(19-25-9-6-5-7-10-25)39(21-28-29(35)11-8-12-30(28)36)33(41)22-40(26-16-15-24(3)31(37)20-26)45(43,44)27-17-13-23(2)14-18-27/h5-18,20,32H,4,19,21-22H2,1-3H3,(H,38,42)/t32-/m0/s1. The number of amides is 2. The van der Waals surface area contributed by atoms with Gasteiger partial charge in [0, 0.05) is 40.1 Å². The Balaban J connectivity index is 1.84. The largest absolute Gasteiger partial charge is 0.355 e. The van der Waals surface area contributed by atoms with Crippen LogP contribution in [-0.2, 0) is 32.6 Å². The fourth-order valence-electron chi connectivity index (χ4n) is 4.80. The van der Waals surface area contributed by atoms with E-state index in [1.165, 1.54) is 23.1 Å². The lowest BCUT2D eigenvalue weighted by Crippen LogP contribution is -2.53. The molecule has 0 aliphatic carbocycles. The molecule has 0 saturated heterocycles. The van der Waals surface area contributed by atoms with Gasteiger partial charge in [-0.05, 0) is 68.3 Å². The van der Waals surface area contributed by atoms with E-state index in [0.717, 1.165) is 21.0 Å². The van der Waals surface area contributed by atoms with Crippen LogP contribution in [0.15, 0.2) is 95.9 Å². The summed E-state index contributed by atoms with van der Waals surface area (Å²) in [7, 11) is -4.26. The van der Waals surface area contributed by atoms with Gasteiger partial charge >= 0.3 is 0 Å². The van der Waals surface area contributed by atoms with Crippen LogP contribution in [0.3, 0.4) is 0 Å². The van der Waals surface area contributed by atoms with Crippen LogP contribution in [0.5, 0.6) is 0 Å². The molecular formula is C34H34Cl3N3O4S. The number of carbonyl (C=O) groups excluding carboxylic acids is 2. The Labute approximate surface area is 279 Å². The Morgan fingerprint density at radius 2 is 1.47 bits per heavy atom. The number of nitrogens with zero attached hydrogens (tertiary/aromatic N) is 2. The van der Waals surface area contributed by atoms with E-state index in [-0.39, 0.29) is 23.5 Å². The van der Waals surface area contributed by atoms with Crippen molar-refractivity contribution in [3.8, 4) is 0 Å². The van der Waals surface area contributed by atoms with Crippen molar-refractivity contribution in [3.63, 3.8) is 0 Å². The summed E-state index contributed by atoms with van der Waals surface area (Å²) in [6.07, 6.45) is 0.168. The average Bonchev–Trinajstić information content (AvgIpc) is 3.01. The molecule has 45 heavy (non-hydrogen) atoms. The summed E-state index contributed by atoms with van der Waals surface area (Å²) in [6, 6.07) is 24.4. The van der Waals surface area contributed by atoms with E-state index in [4.69, 9.17) is 34.8 Å². The van der Waals surface area contributed by atoms with Gasteiger partial charge in [-0.1, -0.05) is 95.0 Å². The third-order valence-electron chi connectivity index (χ3n) is 7.34. The van der Waals surface area contributed by atoms with Gasteiger partial charge in [0.1, 0.15) is 12.6 Å². The maximum Gasteiger partial charge on any atom is 0.264 e. The molecule has 2 amide bonds. The molecular weight excluding hydrogens is 653 g/mol. The molecule has 11 heteroatoms. The Morgan fingerprint density at radius 1 is 0.822 bits per heavy atom. The molecule has 236 valence electrons. The third-order valence-corrected chi connectivity index (χ3v) is 10.2. The van der Waals surface area contributed by atoms with Gasteiger partial charge in [-0.3, -0.25) is 13.9 Å². The lowest BCUT2D eigenvalue weighted by molar-refractivity contribution is -0.140. The van der Waals surface area contributed by atoms with Gasteiger partial charge in [-0.15, -0.1) is 0 Å². The number of rotatable bonds is 12. The fraction of sp³-hybridized carbons (Fsp3) is 0.235. The predicted octanol–water partition coefficient (Wildman–Crippen LogP) is 7.24. The second-order valence-electron chi connectivity index (χ2n) is 10.6. The summed E-state index contributed by atoms with van der Waals surface area (Å²) in [6.45, 7) is 5.00. The Morgan fingerprint density at radius 3 is 2.07 bits per heavy atom. The average molecular weight is 687 g/mol. The highest BCUT2D eigenvalue weighted by molar-refractivity contribution is 7.92. The van der Waals surface area contributed by atoms with Crippen LogP contribution in [0.25, 0.3) is 0 Å². The summed E-state index contributed by atoms with van der Waals surface area (Å²) in [5.74, 6) is -1.03. The highest BCUT2D eigenvalue weighted by atomic mass is 35.5. The molecule has 0 aliphatic heterocycles.